The summed E-state index contributed by atoms with van der Waals surface area (Å²) < 4.78 is 4.93. The van der Waals surface area contributed by atoms with Gasteiger partial charge >= 0.3 is 0 Å². The quantitative estimate of drug-likeness (QED) is 0.707. The smallest absolute Gasteiger partial charge is 0.141 e. The van der Waals surface area contributed by atoms with Gasteiger partial charge in [-0.05, 0) is 17.7 Å². The van der Waals surface area contributed by atoms with Gasteiger partial charge in [-0.3, -0.25) is 0 Å². The van der Waals surface area contributed by atoms with Crippen molar-refractivity contribution in [3.05, 3.63) is 22.7 Å². The van der Waals surface area contributed by atoms with E-state index in [0.29, 0.717) is 11.3 Å². The number of benzene rings is 1. The molecule has 0 amide bonds. The molecule has 0 saturated heterocycles. The number of phenolic OH excluding ortho intramolecular Hbond substituents is 1. The van der Waals surface area contributed by atoms with Crippen LogP contribution in [0.4, 0.5) is 0 Å². The van der Waals surface area contributed by atoms with E-state index in [-0.39, 0.29) is 17.4 Å². The molecule has 0 bridgehead atoms. The molecule has 1 atom stereocenters. The third-order valence-corrected chi connectivity index (χ3v) is 2.27. The number of aliphatic hydroxyl groups excluding tert-OH is 1. The van der Waals surface area contributed by atoms with Crippen molar-refractivity contribution in [3.63, 3.8) is 0 Å². The van der Waals surface area contributed by atoms with Gasteiger partial charge in [-0.25, -0.2) is 0 Å². The molecule has 0 aromatic heterocycles. The van der Waals surface area contributed by atoms with E-state index in [0.717, 1.165) is 0 Å². The summed E-state index contributed by atoms with van der Waals surface area (Å²) in [6, 6.07) is 2.45. The van der Waals surface area contributed by atoms with E-state index in [1.807, 2.05) is 0 Å². The molecule has 0 fully saturated rings. The number of halogens is 1. The third-order valence-electron chi connectivity index (χ3n) is 1.89. The first-order valence-corrected chi connectivity index (χ1v) is 4.40. The highest BCUT2D eigenvalue weighted by molar-refractivity contribution is 6.33. The molecule has 1 aromatic carbocycles. The Kier molecular flexibility index (Phi) is 3.57. The molecule has 4 nitrogen and oxygen atoms in total. The number of nitrogens with two attached hydrogens (primary N) is 1. The van der Waals surface area contributed by atoms with Crippen molar-refractivity contribution < 1.29 is 14.9 Å². The maximum Gasteiger partial charge on any atom is 0.141 e. The Bertz CT molecular complexity index is 330. The fourth-order valence-electron chi connectivity index (χ4n) is 1.07. The Balaban J connectivity index is 3.16. The van der Waals surface area contributed by atoms with E-state index in [1.54, 1.807) is 6.07 Å². The van der Waals surface area contributed by atoms with Crippen LogP contribution in [0.1, 0.15) is 11.6 Å². The standard InChI is InChI=1S/C9H12ClNO3/c1-14-8-3-5(6(11)4-12)2-7(13)9(8)10/h2-3,6,12-13H,4,11H2,1H3. The molecule has 0 aliphatic rings. The predicted molar refractivity (Wildman–Crippen MR) is 53.7 cm³/mol. The average Bonchev–Trinajstić information content (AvgIpc) is 2.20. The zero-order valence-corrected chi connectivity index (χ0v) is 8.45. The summed E-state index contributed by atoms with van der Waals surface area (Å²) in [6.45, 7) is -0.204. The largest absolute Gasteiger partial charge is 0.506 e. The first-order chi connectivity index (χ1) is 6.60. The number of hydrogen-bond acceptors (Lipinski definition) is 4. The van der Waals surface area contributed by atoms with Gasteiger partial charge in [0, 0.05) is 0 Å². The van der Waals surface area contributed by atoms with Crippen molar-refractivity contribution >= 4 is 11.6 Å². The van der Waals surface area contributed by atoms with Crippen molar-refractivity contribution in [2.45, 2.75) is 6.04 Å². The Morgan fingerprint density at radius 1 is 1.57 bits per heavy atom. The number of ether oxygens (including phenoxy) is 1. The van der Waals surface area contributed by atoms with E-state index in [9.17, 15) is 5.11 Å². The van der Waals surface area contributed by atoms with Crippen LogP contribution in [-0.4, -0.2) is 23.9 Å². The van der Waals surface area contributed by atoms with Gasteiger partial charge in [0.2, 0.25) is 0 Å². The number of hydrogen-bond donors (Lipinski definition) is 3. The fraction of sp³-hybridized carbons (Fsp3) is 0.333. The molecule has 14 heavy (non-hydrogen) atoms. The summed E-state index contributed by atoms with van der Waals surface area (Å²) in [5.41, 5.74) is 6.15. The number of phenols is 1. The van der Waals surface area contributed by atoms with E-state index >= 15 is 0 Å². The predicted octanol–water partition coefficient (Wildman–Crippen LogP) is 1.05. The number of aliphatic hydroxyl groups is 1. The zero-order valence-electron chi connectivity index (χ0n) is 7.70. The molecule has 78 valence electrons. The maximum absolute atomic E-state index is 9.41. The van der Waals surface area contributed by atoms with Gasteiger partial charge in [0.15, 0.2) is 0 Å². The molecule has 0 spiro atoms. The van der Waals surface area contributed by atoms with Crippen molar-refractivity contribution in [2.75, 3.05) is 13.7 Å². The summed E-state index contributed by atoms with van der Waals surface area (Å²) >= 11 is 5.73. The molecule has 0 heterocycles. The molecule has 5 heteroatoms. The highest BCUT2D eigenvalue weighted by atomic mass is 35.5. The maximum atomic E-state index is 9.41. The van der Waals surface area contributed by atoms with Crippen molar-refractivity contribution in [1.82, 2.24) is 0 Å². The van der Waals surface area contributed by atoms with Gasteiger partial charge in [0.05, 0.1) is 19.8 Å². The van der Waals surface area contributed by atoms with E-state index < -0.39 is 6.04 Å². The average molecular weight is 218 g/mol. The minimum Gasteiger partial charge on any atom is -0.506 e. The Morgan fingerprint density at radius 3 is 2.71 bits per heavy atom. The molecule has 4 N–H and O–H groups in total. The Morgan fingerprint density at radius 2 is 2.21 bits per heavy atom. The van der Waals surface area contributed by atoms with Crippen LogP contribution in [0.25, 0.3) is 0 Å². The zero-order chi connectivity index (χ0) is 10.7. The van der Waals surface area contributed by atoms with Crippen LogP contribution in [0.2, 0.25) is 5.02 Å². The lowest BCUT2D eigenvalue weighted by Gasteiger charge is -2.12. The number of methoxy groups -OCH3 is 1. The van der Waals surface area contributed by atoms with E-state index in [1.165, 1.54) is 13.2 Å². The van der Waals surface area contributed by atoms with Crippen LogP contribution >= 0.6 is 11.6 Å². The summed E-state index contributed by atoms with van der Waals surface area (Å²) in [6.07, 6.45) is 0. The van der Waals surface area contributed by atoms with Crippen molar-refractivity contribution in [2.24, 2.45) is 5.73 Å². The van der Waals surface area contributed by atoms with Crippen LogP contribution in [0.5, 0.6) is 11.5 Å². The second-order valence-corrected chi connectivity index (χ2v) is 3.22. The van der Waals surface area contributed by atoms with Gasteiger partial charge < -0.3 is 20.7 Å². The first-order valence-electron chi connectivity index (χ1n) is 4.03. The lowest BCUT2D eigenvalue weighted by Crippen LogP contribution is -2.14. The second-order valence-electron chi connectivity index (χ2n) is 2.85. The normalized spacial score (nSPS) is 12.6. The molecule has 1 unspecified atom stereocenters. The molecule has 0 aliphatic heterocycles. The van der Waals surface area contributed by atoms with Crippen molar-refractivity contribution in [1.29, 1.82) is 0 Å². The lowest BCUT2D eigenvalue weighted by molar-refractivity contribution is 0.267. The minimum absolute atomic E-state index is 0.107. The van der Waals surface area contributed by atoms with Crippen LogP contribution in [-0.2, 0) is 0 Å². The molecule has 1 rings (SSSR count). The van der Waals surface area contributed by atoms with Gasteiger partial charge in [0.25, 0.3) is 0 Å². The summed E-state index contributed by atoms with van der Waals surface area (Å²) in [7, 11) is 1.44. The first kappa shape index (κ1) is 11.1. The molecule has 1 aromatic rings. The summed E-state index contributed by atoms with van der Waals surface area (Å²) in [5.74, 6) is 0.232. The van der Waals surface area contributed by atoms with Crippen LogP contribution in [0, 0.1) is 0 Å². The highest BCUT2D eigenvalue weighted by Gasteiger charge is 2.12. The van der Waals surface area contributed by atoms with Gasteiger partial charge in [-0.15, -0.1) is 0 Å². The van der Waals surface area contributed by atoms with E-state index in [2.05, 4.69) is 0 Å². The lowest BCUT2D eigenvalue weighted by atomic mass is 10.1. The van der Waals surface area contributed by atoms with Crippen LogP contribution in [0.15, 0.2) is 12.1 Å². The minimum atomic E-state index is -0.549. The monoisotopic (exact) mass is 217 g/mol. The molecular formula is C9H12ClNO3. The van der Waals surface area contributed by atoms with Gasteiger partial charge in [-0.1, -0.05) is 11.6 Å². The van der Waals surface area contributed by atoms with E-state index in [4.69, 9.17) is 27.2 Å². The highest BCUT2D eigenvalue weighted by Crippen LogP contribution is 2.35. The van der Waals surface area contributed by atoms with Crippen LogP contribution < -0.4 is 10.5 Å². The SMILES string of the molecule is COc1cc(C(N)CO)cc(O)c1Cl. The van der Waals surface area contributed by atoms with Gasteiger partial charge in [-0.2, -0.15) is 0 Å². The fourth-order valence-corrected chi connectivity index (χ4v) is 1.26. The topological polar surface area (TPSA) is 75.7 Å². The molecule has 0 aliphatic carbocycles. The molecular weight excluding hydrogens is 206 g/mol. The Hall–Kier alpha value is -0.970. The van der Waals surface area contributed by atoms with Crippen molar-refractivity contribution in [3.8, 4) is 11.5 Å². The Labute approximate surface area is 86.9 Å². The number of rotatable bonds is 3. The molecule has 0 radical (unpaired) electrons. The summed E-state index contributed by atoms with van der Waals surface area (Å²) in [5, 5.41) is 18.4. The third kappa shape index (κ3) is 2.09. The van der Waals surface area contributed by atoms with Gasteiger partial charge in [0.1, 0.15) is 16.5 Å². The number of aromatic hydroxyl groups is 1. The molecule has 0 saturated carbocycles. The van der Waals surface area contributed by atoms with Crippen LogP contribution in [0.3, 0.4) is 0 Å². The summed E-state index contributed by atoms with van der Waals surface area (Å²) in [4.78, 5) is 0. The second kappa shape index (κ2) is 4.50.